The number of carboxylic acid groups (broad SMARTS) is 1. The van der Waals surface area contributed by atoms with Crippen LogP contribution in [0.4, 0.5) is 0 Å². The summed E-state index contributed by atoms with van der Waals surface area (Å²) in [4.78, 5) is 37.9. The quantitative estimate of drug-likeness (QED) is 0.354. The first-order chi connectivity index (χ1) is 14.4. The summed E-state index contributed by atoms with van der Waals surface area (Å²) in [5.74, 6) is -1.06. The number of thiazole rings is 2. The van der Waals surface area contributed by atoms with E-state index in [9.17, 15) is 9.59 Å². The third kappa shape index (κ3) is 5.38. The molecule has 4 aromatic heterocycles. The summed E-state index contributed by atoms with van der Waals surface area (Å²) >= 11 is 19.0. The van der Waals surface area contributed by atoms with Gasteiger partial charge in [-0.15, -0.1) is 22.7 Å². The number of hydrogen-bond acceptors (Lipinski definition) is 8. The molecule has 4 heterocycles. The Morgan fingerprint density at radius 1 is 0.833 bits per heavy atom. The van der Waals surface area contributed by atoms with Gasteiger partial charge in [0.2, 0.25) is 0 Å². The third-order valence-corrected chi connectivity index (χ3v) is 6.63. The first kappa shape index (κ1) is 22.3. The van der Waals surface area contributed by atoms with E-state index in [-0.39, 0.29) is 20.1 Å². The van der Waals surface area contributed by atoms with Crippen molar-refractivity contribution in [2.75, 3.05) is 0 Å². The van der Waals surface area contributed by atoms with Gasteiger partial charge in [0.15, 0.2) is 15.2 Å². The van der Waals surface area contributed by atoms with Crippen LogP contribution in [-0.4, -0.2) is 36.3 Å². The summed E-state index contributed by atoms with van der Waals surface area (Å²) in [5.41, 5.74) is 1.57. The average molecular weight is 500 g/mol. The summed E-state index contributed by atoms with van der Waals surface area (Å²) in [7, 11) is 0. The number of carboxylic acids is 1. The van der Waals surface area contributed by atoms with Gasteiger partial charge < -0.3 is 5.11 Å². The Labute approximate surface area is 193 Å². The van der Waals surface area contributed by atoms with Crippen LogP contribution < -0.4 is 0 Å². The summed E-state index contributed by atoms with van der Waals surface area (Å²) in [6.07, 6.45) is 6.56. The van der Waals surface area contributed by atoms with E-state index in [0.717, 1.165) is 33.8 Å². The Hall–Kier alpha value is -2.43. The number of carbonyl (C=O) groups is 2. The molecule has 0 saturated carbocycles. The Balaban J connectivity index is 0.000000171. The van der Waals surface area contributed by atoms with Gasteiger partial charge in [0, 0.05) is 35.9 Å². The molecule has 0 bridgehead atoms. The number of nitrogens with zero attached hydrogens (tertiary/aromatic N) is 4. The lowest BCUT2D eigenvalue weighted by Crippen LogP contribution is -1.91. The van der Waals surface area contributed by atoms with Crippen LogP contribution in [0.3, 0.4) is 0 Å². The van der Waals surface area contributed by atoms with Crippen LogP contribution >= 0.6 is 57.5 Å². The molecule has 152 valence electrons. The van der Waals surface area contributed by atoms with E-state index in [0.29, 0.717) is 10.0 Å². The summed E-state index contributed by atoms with van der Waals surface area (Å²) in [6.45, 7) is 0. The maximum atomic E-state index is 10.9. The second-order valence-corrected chi connectivity index (χ2v) is 8.40. The maximum Gasteiger partial charge on any atom is 0.349 e. The molecule has 0 aromatic carbocycles. The summed E-state index contributed by atoms with van der Waals surface area (Å²) in [5, 5.41) is 9.56. The molecule has 7 nitrogen and oxygen atoms in total. The van der Waals surface area contributed by atoms with Crippen molar-refractivity contribution in [2.45, 2.75) is 0 Å². The Morgan fingerprint density at radius 3 is 1.63 bits per heavy atom. The van der Waals surface area contributed by atoms with E-state index >= 15 is 0 Å². The SMILES string of the molecule is O=C(Cl)c1sc(-c2cccnc2)nc1Cl.O=C(O)c1sc(-c2cccnc2)nc1Cl. The Morgan fingerprint density at radius 2 is 1.30 bits per heavy atom. The predicted molar refractivity (Wildman–Crippen MR) is 118 cm³/mol. The minimum atomic E-state index is -1.06. The molecule has 4 rings (SSSR count). The first-order valence-corrected chi connectivity index (χ1v) is 10.7. The van der Waals surface area contributed by atoms with Crippen LogP contribution in [0, 0.1) is 0 Å². The number of pyridine rings is 2. The molecule has 0 saturated heterocycles. The highest BCUT2D eigenvalue weighted by Gasteiger charge is 2.17. The van der Waals surface area contributed by atoms with Crippen LogP contribution in [0.1, 0.15) is 19.3 Å². The molecule has 0 aliphatic rings. The zero-order chi connectivity index (χ0) is 21.7. The fraction of sp³-hybridized carbons (Fsp3) is 0. The van der Waals surface area contributed by atoms with Gasteiger partial charge in [-0.3, -0.25) is 14.8 Å². The first-order valence-electron chi connectivity index (χ1n) is 7.93. The van der Waals surface area contributed by atoms with Crippen molar-refractivity contribution in [2.24, 2.45) is 0 Å². The van der Waals surface area contributed by atoms with Crippen molar-refractivity contribution in [3.05, 3.63) is 69.1 Å². The second-order valence-electron chi connectivity index (χ2n) is 5.34. The number of aromatic carboxylic acids is 1. The molecule has 0 aliphatic carbocycles. The number of hydrogen-bond donors (Lipinski definition) is 1. The minimum absolute atomic E-state index is 0.0198. The molecule has 0 aliphatic heterocycles. The van der Waals surface area contributed by atoms with Crippen LogP contribution in [0.25, 0.3) is 21.1 Å². The highest BCUT2D eigenvalue weighted by Crippen LogP contribution is 2.31. The average Bonchev–Trinajstić information content (AvgIpc) is 3.33. The van der Waals surface area contributed by atoms with E-state index in [4.69, 9.17) is 39.9 Å². The maximum absolute atomic E-state index is 10.9. The number of rotatable bonds is 4. The van der Waals surface area contributed by atoms with Gasteiger partial charge in [-0.1, -0.05) is 23.2 Å². The van der Waals surface area contributed by atoms with Crippen molar-refractivity contribution in [3.63, 3.8) is 0 Å². The summed E-state index contributed by atoms with van der Waals surface area (Å²) in [6, 6.07) is 7.18. The van der Waals surface area contributed by atoms with Crippen LogP contribution in [0.15, 0.2) is 49.1 Å². The zero-order valence-electron chi connectivity index (χ0n) is 14.6. The fourth-order valence-electron chi connectivity index (χ4n) is 2.08. The molecule has 12 heteroatoms. The van der Waals surface area contributed by atoms with Crippen molar-refractivity contribution < 1.29 is 14.7 Å². The molecular formula is C18H9Cl3N4O3S2. The molecule has 0 fully saturated rings. The van der Waals surface area contributed by atoms with Crippen LogP contribution in [0.2, 0.25) is 10.3 Å². The van der Waals surface area contributed by atoms with Crippen molar-refractivity contribution in [1.29, 1.82) is 0 Å². The topological polar surface area (TPSA) is 106 Å². The molecule has 0 unspecified atom stereocenters. The van der Waals surface area contributed by atoms with Gasteiger partial charge in [0.1, 0.15) is 14.9 Å². The van der Waals surface area contributed by atoms with Gasteiger partial charge in [-0.2, -0.15) is 0 Å². The fourth-order valence-corrected chi connectivity index (χ4v) is 4.57. The lowest BCUT2D eigenvalue weighted by Gasteiger charge is -1.91. The third-order valence-electron chi connectivity index (χ3n) is 3.36. The largest absolute Gasteiger partial charge is 0.477 e. The monoisotopic (exact) mass is 498 g/mol. The van der Waals surface area contributed by atoms with E-state index in [1.165, 1.54) is 0 Å². The van der Waals surface area contributed by atoms with Crippen molar-refractivity contribution in [3.8, 4) is 21.1 Å². The lowest BCUT2D eigenvalue weighted by molar-refractivity contribution is 0.0702. The smallest absolute Gasteiger partial charge is 0.349 e. The predicted octanol–water partition coefficient (Wildman–Crippen LogP) is 5.79. The molecule has 30 heavy (non-hydrogen) atoms. The highest BCUT2D eigenvalue weighted by molar-refractivity contribution is 7.19. The normalized spacial score (nSPS) is 10.2. The van der Waals surface area contributed by atoms with Gasteiger partial charge >= 0.3 is 5.97 Å². The summed E-state index contributed by atoms with van der Waals surface area (Å²) < 4.78 is 0. The number of carbonyl (C=O) groups excluding carboxylic acids is 1. The standard InChI is InChI=1S/C9H4Cl2N2OS.C9H5ClN2O2S/c10-7-6(8(11)14)15-9(13-7)5-2-1-3-12-4-5;10-7-6(9(13)14)15-8(12-7)5-2-1-3-11-4-5/h1-4H;1-4H,(H,13,14). The van der Waals surface area contributed by atoms with E-state index in [2.05, 4.69) is 19.9 Å². The van der Waals surface area contributed by atoms with Crippen molar-refractivity contribution in [1.82, 2.24) is 19.9 Å². The van der Waals surface area contributed by atoms with Gasteiger partial charge in [-0.05, 0) is 35.9 Å². The molecule has 0 radical (unpaired) electrons. The van der Waals surface area contributed by atoms with Gasteiger partial charge in [-0.25, -0.2) is 14.8 Å². The minimum Gasteiger partial charge on any atom is -0.477 e. The van der Waals surface area contributed by atoms with E-state index in [1.807, 2.05) is 6.07 Å². The Kier molecular flexibility index (Phi) is 7.46. The van der Waals surface area contributed by atoms with Gasteiger partial charge in [0.05, 0.1) is 0 Å². The lowest BCUT2D eigenvalue weighted by atomic mass is 10.3. The van der Waals surface area contributed by atoms with Crippen LogP contribution in [0.5, 0.6) is 0 Å². The van der Waals surface area contributed by atoms with Gasteiger partial charge in [0.25, 0.3) is 5.24 Å². The number of aromatic nitrogens is 4. The molecule has 0 spiro atoms. The van der Waals surface area contributed by atoms with Crippen molar-refractivity contribution >= 4 is 68.7 Å². The molecule has 1 N–H and O–H groups in total. The Bertz CT molecular complexity index is 1090. The van der Waals surface area contributed by atoms with Crippen LogP contribution in [-0.2, 0) is 0 Å². The van der Waals surface area contributed by atoms with E-state index in [1.54, 1.807) is 43.0 Å². The zero-order valence-corrected chi connectivity index (χ0v) is 18.5. The number of halogens is 3. The molecule has 4 aromatic rings. The second kappa shape index (κ2) is 10.1. The molecule has 0 atom stereocenters. The molecule has 0 amide bonds. The molecular weight excluding hydrogens is 491 g/mol. The van der Waals surface area contributed by atoms with E-state index < -0.39 is 11.2 Å². The highest BCUT2D eigenvalue weighted by atomic mass is 35.5.